The quantitative estimate of drug-likeness (QED) is 0.785. The molecule has 2 rings (SSSR count). The van der Waals surface area contributed by atoms with Crippen molar-refractivity contribution in [2.75, 3.05) is 6.54 Å². The molecular weight excluding hydrogens is 202 g/mol. The van der Waals surface area contributed by atoms with Gasteiger partial charge in [-0.1, -0.05) is 6.92 Å². The molecule has 1 saturated carbocycles. The van der Waals surface area contributed by atoms with Crippen LogP contribution in [0.3, 0.4) is 0 Å². The van der Waals surface area contributed by atoms with Gasteiger partial charge < -0.3 is 5.11 Å². The highest BCUT2D eigenvalue weighted by atomic mass is 16.4. The van der Waals surface area contributed by atoms with Crippen LogP contribution in [0.15, 0.2) is 0 Å². The number of carboxylic acid groups (broad SMARTS) is 1. The number of carbonyl (C=O) groups is 1. The molecule has 1 atom stereocenters. The van der Waals surface area contributed by atoms with E-state index in [1.807, 2.05) is 0 Å². The van der Waals surface area contributed by atoms with Crippen LogP contribution in [-0.2, 0) is 4.79 Å². The van der Waals surface area contributed by atoms with E-state index in [9.17, 15) is 9.90 Å². The van der Waals surface area contributed by atoms with E-state index in [0.29, 0.717) is 12.0 Å². The Balaban J connectivity index is 2.18. The van der Waals surface area contributed by atoms with Crippen molar-refractivity contribution in [1.29, 1.82) is 0 Å². The highest BCUT2D eigenvalue weighted by Crippen LogP contribution is 2.40. The van der Waals surface area contributed by atoms with E-state index in [0.717, 1.165) is 45.1 Å². The molecule has 2 fully saturated rings. The lowest BCUT2D eigenvalue weighted by Gasteiger charge is -2.44. The van der Waals surface area contributed by atoms with Crippen molar-refractivity contribution >= 4 is 5.97 Å². The van der Waals surface area contributed by atoms with Crippen LogP contribution in [0, 0.1) is 5.92 Å². The van der Waals surface area contributed by atoms with Gasteiger partial charge in [0.1, 0.15) is 5.54 Å². The van der Waals surface area contributed by atoms with Gasteiger partial charge in [-0.3, -0.25) is 9.69 Å². The normalized spacial score (nSPS) is 41.1. The number of hydrogen-bond donors (Lipinski definition) is 1. The van der Waals surface area contributed by atoms with E-state index in [1.165, 1.54) is 0 Å². The molecule has 1 aliphatic heterocycles. The third-order valence-corrected chi connectivity index (χ3v) is 4.60. The molecule has 0 bridgehead atoms. The lowest BCUT2D eigenvalue weighted by Crippen LogP contribution is -2.57. The van der Waals surface area contributed by atoms with Gasteiger partial charge in [0.05, 0.1) is 0 Å². The van der Waals surface area contributed by atoms with Crippen molar-refractivity contribution in [2.24, 2.45) is 5.92 Å². The molecule has 2 aliphatic rings. The zero-order valence-corrected chi connectivity index (χ0v) is 10.4. The summed E-state index contributed by atoms with van der Waals surface area (Å²) in [7, 11) is 0. The van der Waals surface area contributed by atoms with E-state index in [-0.39, 0.29) is 0 Å². The Kier molecular flexibility index (Phi) is 3.24. The minimum Gasteiger partial charge on any atom is -0.480 e. The van der Waals surface area contributed by atoms with Crippen LogP contribution in [0.4, 0.5) is 0 Å². The number of rotatable bonds is 2. The topological polar surface area (TPSA) is 40.5 Å². The Morgan fingerprint density at radius 1 is 1.25 bits per heavy atom. The first-order valence-corrected chi connectivity index (χ1v) is 6.56. The third-order valence-electron chi connectivity index (χ3n) is 4.60. The van der Waals surface area contributed by atoms with Gasteiger partial charge in [-0.2, -0.15) is 0 Å². The Morgan fingerprint density at radius 3 is 2.31 bits per heavy atom. The fraction of sp³-hybridized carbons (Fsp3) is 0.923. The summed E-state index contributed by atoms with van der Waals surface area (Å²) in [6, 6.07) is 0.449. The predicted octanol–water partition coefficient (Wildman–Crippen LogP) is 2.50. The Morgan fingerprint density at radius 2 is 1.88 bits per heavy atom. The maximum Gasteiger partial charge on any atom is 0.324 e. The number of carboxylic acids is 1. The molecule has 1 unspecified atom stereocenters. The predicted molar refractivity (Wildman–Crippen MR) is 63.4 cm³/mol. The van der Waals surface area contributed by atoms with Crippen LogP contribution in [0.1, 0.15) is 52.4 Å². The summed E-state index contributed by atoms with van der Waals surface area (Å²) in [5.41, 5.74) is -0.539. The molecule has 1 saturated heterocycles. The molecule has 0 aromatic carbocycles. The molecule has 16 heavy (non-hydrogen) atoms. The fourth-order valence-electron chi connectivity index (χ4n) is 3.43. The summed E-state index contributed by atoms with van der Waals surface area (Å²) in [4.78, 5) is 13.9. The largest absolute Gasteiger partial charge is 0.480 e. The van der Waals surface area contributed by atoms with Crippen molar-refractivity contribution in [3.63, 3.8) is 0 Å². The average molecular weight is 225 g/mol. The first-order valence-electron chi connectivity index (χ1n) is 6.56. The molecule has 1 N–H and O–H groups in total. The van der Waals surface area contributed by atoms with Crippen LogP contribution in [0.2, 0.25) is 0 Å². The van der Waals surface area contributed by atoms with E-state index in [1.54, 1.807) is 0 Å². The van der Waals surface area contributed by atoms with Gasteiger partial charge in [0.2, 0.25) is 0 Å². The van der Waals surface area contributed by atoms with E-state index in [4.69, 9.17) is 0 Å². The van der Waals surface area contributed by atoms with Crippen LogP contribution >= 0.6 is 0 Å². The number of nitrogens with zero attached hydrogens (tertiary/aromatic N) is 1. The van der Waals surface area contributed by atoms with Crippen LogP contribution in [-0.4, -0.2) is 34.1 Å². The lowest BCUT2D eigenvalue weighted by atomic mass is 9.75. The minimum absolute atomic E-state index is 0.449. The maximum atomic E-state index is 11.7. The molecule has 3 nitrogen and oxygen atoms in total. The highest BCUT2D eigenvalue weighted by Gasteiger charge is 2.48. The third kappa shape index (κ3) is 1.86. The minimum atomic E-state index is -0.590. The molecule has 0 amide bonds. The first kappa shape index (κ1) is 11.9. The van der Waals surface area contributed by atoms with E-state index >= 15 is 0 Å². The highest BCUT2D eigenvalue weighted by molar-refractivity contribution is 5.79. The van der Waals surface area contributed by atoms with Crippen LogP contribution in [0.5, 0.6) is 0 Å². The summed E-state index contributed by atoms with van der Waals surface area (Å²) in [6.07, 6.45) is 6.13. The second kappa shape index (κ2) is 4.36. The van der Waals surface area contributed by atoms with Gasteiger partial charge in [0, 0.05) is 6.04 Å². The fourth-order valence-corrected chi connectivity index (χ4v) is 3.43. The summed E-state index contributed by atoms with van der Waals surface area (Å²) < 4.78 is 0. The number of likely N-dealkylation sites (tertiary alicyclic amines) is 1. The molecule has 1 heterocycles. The molecular formula is C13H23NO2. The molecule has 0 aromatic heterocycles. The lowest BCUT2D eigenvalue weighted by molar-refractivity contribution is -0.155. The van der Waals surface area contributed by atoms with Crippen molar-refractivity contribution in [3.05, 3.63) is 0 Å². The number of hydrogen-bond acceptors (Lipinski definition) is 2. The Labute approximate surface area is 97.8 Å². The van der Waals surface area contributed by atoms with Gasteiger partial charge in [-0.15, -0.1) is 0 Å². The van der Waals surface area contributed by atoms with Gasteiger partial charge in [0.25, 0.3) is 0 Å². The van der Waals surface area contributed by atoms with Gasteiger partial charge in [0.15, 0.2) is 0 Å². The van der Waals surface area contributed by atoms with Gasteiger partial charge >= 0.3 is 5.97 Å². The molecule has 92 valence electrons. The zero-order valence-electron chi connectivity index (χ0n) is 10.4. The van der Waals surface area contributed by atoms with Crippen molar-refractivity contribution in [1.82, 2.24) is 4.90 Å². The maximum absolute atomic E-state index is 11.7. The van der Waals surface area contributed by atoms with E-state index < -0.39 is 11.5 Å². The van der Waals surface area contributed by atoms with Crippen LogP contribution < -0.4 is 0 Å². The van der Waals surface area contributed by atoms with Crippen molar-refractivity contribution in [3.8, 4) is 0 Å². The van der Waals surface area contributed by atoms with Gasteiger partial charge in [-0.25, -0.2) is 0 Å². The molecule has 0 aromatic rings. The zero-order chi connectivity index (χ0) is 11.8. The molecule has 0 radical (unpaired) electrons. The smallest absolute Gasteiger partial charge is 0.324 e. The second-order valence-electron chi connectivity index (χ2n) is 5.70. The Bertz CT molecular complexity index is 269. The first-order chi connectivity index (χ1) is 7.56. The second-order valence-corrected chi connectivity index (χ2v) is 5.70. The molecule has 0 spiro atoms. The average Bonchev–Trinajstić information content (AvgIpc) is 2.66. The standard InChI is InChI=1S/C13H23NO2/c1-10-5-7-13(8-6-10,12(15)16)14-9-3-4-11(14)2/h10-11H,3-9H2,1-2H3,(H,15,16). The summed E-state index contributed by atoms with van der Waals surface area (Å²) in [5.74, 6) is 0.110. The van der Waals surface area contributed by atoms with E-state index in [2.05, 4.69) is 18.7 Å². The van der Waals surface area contributed by atoms with Gasteiger partial charge in [-0.05, 0) is 57.9 Å². The SMILES string of the molecule is CC1CCC(C(=O)O)(N2CCCC2C)CC1. The van der Waals surface area contributed by atoms with Crippen LogP contribution in [0.25, 0.3) is 0 Å². The van der Waals surface area contributed by atoms with Crippen molar-refractivity contribution in [2.45, 2.75) is 64.0 Å². The molecule has 1 aliphatic carbocycles. The summed E-state index contributed by atoms with van der Waals surface area (Å²) in [6.45, 7) is 5.39. The number of aliphatic carboxylic acids is 1. The van der Waals surface area contributed by atoms with Crippen molar-refractivity contribution < 1.29 is 9.90 Å². The summed E-state index contributed by atoms with van der Waals surface area (Å²) in [5, 5.41) is 9.61. The summed E-state index contributed by atoms with van der Waals surface area (Å²) >= 11 is 0. The monoisotopic (exact) mass is 225 g/mol. The molecule has 3 heteroatoms. The Hall–Kier alpha value is -0.570.